The quantitative estimate of drug-likeness (QED) is 0.838. The van der Waals surface area contributed by atoms with E-state index in [9.17, 15) is 18.0 Å². The molecule has 2 aromatic rings. The van der Waals surface area contributed by atoms with Crippen molar-refractivity contribution >= 4 is 5.91 Å². The third kappa shape index (κ3) is 5.62. The number of hydrogen-bond donors (Lipinski definition) is 1. The molecule has 0 bridgehead atoms. The van der Waals surface area contributed by atoms with E-state index in [4.69, 9.17) is 9.15 Å². The van der Waals surface area contributed by atoms with Crippen LogP contribution in [-0.2, 0) is 17.9 Å². The summed E-state index contributed by atoms with van der Waals surface area (Å²) in [6.07, 6.45) is -4.40. The fraction of sp³-hybridized carbons (Fsp3) is 0.312. The molecular formula is C16H16F3NO4. The summed E-state index contributed by atoms with van der Waals surface area (Å²) in [5, 5.41) is 2.62. The first-order valence-electron chi connectivity index (χ1n) is 7.02. The number of amides is 1. The zero-order chi connectivity index (χ0) is 17.6. The predicted octanol–water partition coefficient (Wildman–Crippen LogP) is 3.30. The average molecular weight is 343 g/mol. The Hall–Kier alpha value is -2.48. The van der Waals surface area contributed by atoms with Crippen LogP contribution in [0.15, 0.2) is 40.8 Å². The minimum Gasteiger partial charge on any atom is -0.484 e. The molecule has 1 amide bonds. The minimum atomic E-state index is -4.40. The first-order valence-corrected chi connectivity index (χ1v) is 7.02. The van der Waals surface area contributed by atoms with Crippen molar-refractivity contribution in [3.8, 4) is 5.75 Å². The van der Waals surface area contributed by atoms with Crippen LogP contribution in [0.1, 0.15) is 21.9 Å². The highest BCUT2D eigenvalue weighted by molar-refractivity contribution is 5.91. The summed E-state index contributed by atoms with van der Waals surface area (Å²) in [7, 11) is 1.51. The zero-order valence-corrected chi connectivity index (χ0v) is 12.9. The van der Waals surface area contributed by atoms with Gasteiger partial charge < -0.3 is 19.2 Å². The largest absolute Gasteiger partial charge is 0.484 e. The molecule has 0 aliphatic carbocycles. The topological polar surface area (TPSA) is 60.7 Å². The lowest BCUT2D eigenvalue weighted by atomic mass is 10.2. The van der Waals surface area contributed by atoms with Crippen molar-refractivity contribution in [1.82, 2.24) is 5.32 Å². The van der Waals surface area contributed by atoms with Gasteiger partial charge in [-0.25, -0.2) is 0 Å². The number of methoxy groups -OCH3 is 1. The SMILES string of the molecule is COCc1ccc(C(=O)NCc2cccc(OCC(F)(F)F)c2)o1. The Morgan fingerprint density at radius 2 is 2.04 bits per heavy atom. The standard InChI is InChI=1S/C16H16F3NO4/c1-22-9-13-5-6-14(24-13)15(21)20-8-11-3-2-4-12(7-11)23-10-16(17,18)19/h2-7H,8-10H2,1H3,(H,20,21). The third-order valence-corrected chi connectivity index (χ3v) is 2.93. The van der Waals surface area contributed by atoms with Crippen molar-refractivity contribution in [2.75, 3.05) is 13.7 Å². The minimum absolute atomic E-state index is 0.0828. The number of alkyl halides is 3. The molecule has 1 N–H and O–H groups in total. The molecule has 0 radical (unpaired) electrons. The second-order valence-electron chi connectivity index (χ2n) is 4.93. The highest BCUT2D eigenvalue weighted by atomic mass is 19.4. The van der Waals surface area contributed by atoms with E-state index in [0.717, 1.165) is 0 Å². The molecule has 0 saturated carbocycles. The second kappa shape index (κ2) is 7.87. The van der Waals surface area contributed by atoms with Gasteiger partial charge in [0.2, 0.25) is 0 Å². The summed E-state index contributed by atoms with van der Waals surface area (Å²) >= 11 is 0. The molecule has 0 unspecified atom stereocenters. The van der Waals surface area contributed by atoms with Gasteiger partial charge in [-0.05, 0) is 29.8 Å². The first-order chi connectivity index (χ1) is 11.4. The van der Waals surface area contributed by atoms with Crippen LogP contribution in [0, 0.1) is 0 Å². The maximum Gasteiger partial charge on any atom is 0.422 e. The Morgan fingerprint density at radius 1 is 1.25 bits per heavy atom. The van der Waals surface area contributed by atoms with Crippen LogP contribution in [-0.4, -0.2) is 25.8 Å². The van der Waals surface area contributed by atoms with Gasteiger partial charge in [0, 0.05) is 13.7 Å². The van der Waals surface area contributed by atoms with Gasteiger partial charge in [-0.2, -0.15) is 13.2 Å². The Labute approximate surface area is 136 Å². The molecule has 8 heteroatoms. The van der Waals surface area contributed by atoms with Crippen LogP contribution in [0.25, 0.3) is 0 Å². The lowest BCUT2D eigenvalue weighted by molar-refractivity contribution is -0.153. The summed E-state index contributed by atoms with van der Waals surface area (Å²) < 4.78 is 51.3. The van der Waals surface area contributed by atoms with Gasteiger partial charge in [-0.3, -0.25) is 4.79 Å². The maximum atomic E-state index is 12.1. The van der Waals surface area contributed by atoms with Crippen LogP contribution in [0.5, 0.6) is 5.75 Å². The van der Waals surface area contributed by atoms with Crippen molar-refractivity contribution in [2.45, 2.75) is 19.3 Å². The van der Waals surface area contributed by atoms with E-state index in [1.165, 1.54) is 25.3 Å². The van der Waals surface area contributed by atoms with E-state index >= 15 is 0 Å². The number of hydrogen-bond acceptors (Lipinski definition) is 4. The number of halogens is 3. The number of rotatable bonds is 7. The van der Waals surface area contributed by atoms with Crippen molar-refractivity contribution < 1.29 is 31.9 Å². The van der Waals surface area contributed by atoms with Crippen molar-refractivity contribution in [3.05, 3.63) is 53.5 Å². The smallest absolute Gasteiger partial charge is 0.422 e. The van der Waals surface area contributed by atoms with Crippen LogP contribution in [0.3, 0.4) is 0 Å². The van der Waals surface area contributed by atoms with E-state index in [1.54, 1.807) is 18.2 Å². The van der Waals surface area contributed by atoms with Crippen LogP contribution in [0.2, 0.25) is 0 Å². The van der Waals surface area contributed by atoms with E-state index in [1.807, 2.05) is 0 Å². The third-order valence-electron chi connectivity index (χ3n) is 2.93. The fourth-order valence-electron chi connectivity index (χ4n) is 1.90. The van der Waals surface area contributed by atoms with E-state index in [2.05, 4.69) is 10.1 Å². The van der Waals surface area contributed by atoms with Crippen LogP contribution in [0.4, 0.5) is 13.2 Å². The molecular weight excluding hydrogens is 327 g/mol. The van der Waals surface area contributed by atoms with Crippen LogP contribution < -0.4 is 10.1 Å². The molecule has 5 nitrogen and oxygen atoms in total. The van der Waals surface area contributed by atoms with E-state index in [-0.39, 0.29) is 24.7 Å². The van der Waals surface area contributed by atoms with Crippen molar-refractivity contribution in [2.24, 2.45) is 0 Å². The monoisotopic (exact) mass is 343 g/mol. The van der Waals surface area contributed by atoms with Crippen molar-refractivity contribution in [3.63, 3.8) is 0 Å². The molecule has 2 rings (SSSR count). The highest BCUT2D eigenvalue weighted by Crippen LogP contribution is 2.19. The number of ether oxygens (including phenoxy) is 2. The Balaban J connectivity index is 1.90. The summed E-state index contributed by atoms with van der Waals surface area (Å²) in [6.45, 7) is -0.980. The summed E-state index contributed by atoms with van der Waals surface area (Å²) in [6, 6.07) is 9.22. The molecule has 24 heavy (non-hydrogen) atoms. The summed E-state index contributed by atoms with van der Waals surface area (Å²) in [5.74, 6) is 0.301. The first kappa shape index (κ1) is 17.9. The van der Waals surface area contributed by atoms with Gasteiger partial charge in [0.15, 0.2) is 12.4 Å². The summed E-state index contributed by atoms with van der Waals surface area (Å²) in [5.41, 5.74) is 0.603. The van der Waals surface area contributed by atoms with Crippen molar-refractivity contribution in [1.29, 1.82) is 0 Å². The molecule has 0 atom stereocenters. The average Bonchev–Trinajstić information content (AvgIpc) is 2.99. The number of carbonyl (C=O) groups excluding carboxylic acids is 1. The number of nitrogens with one attached hydrogen (secondary N) is 1. The van der Waals surface area contributed by atoms with Gasteiger partial charge in [0.25, 0.3) is 5.91 Å². The fourth-order valence-corrected chi connectivity index (χ4v) is 1.90. The molecule has 1 heterocycles. The van der Waals surface area contributed by atoms with Gasteiger partial charge in [-0.15, -0.1) is 0 Å². The maximum absolute atomic E-state index is 12.1. The molecule has 0 aliphatic rings. The molecule has 1 aromatic heterocycles. The number of benzene rings is 1. The lowest BCUT2D eigenvalue weighted by Gasteiger charge is -2.10. The molecule has 0 aliphatic heterocycles. The van der Waals surface area contributed by atoms with E-state index in [0.29, 0.717) is 11.3 Å². The lowest BCUT2D eigenvalue weighted by Crippen LogP contribution is -2.22. The summed E-state index contributed by atoms with van der Waals surface area (Å²) in [4.78, 5) is 12.0. The van der Waals surface area contributed by atoms with Gasteiger partial charge in [0.1, 0.15) is 18.1 Å². The Bertz CT molecular complexity index is 682. The van der Waals surface area contributed by atoms with Gasteiger partial charge in [0.05, 0.1) is 0 Å². The van der Waals surface area contributed by atoms with Crippen LogP contribution >= 0.6 is 0 Å². The Morgan fingerprint density at radius 3 is 2.75 bits per heavy atom. The molecule has 130 valence electrons. The molecule has 0 spiro atoms. The highest BCUT2D eigenvalue weighted by Gasteiger charge is 2.28. The Kier molecular flexibility index (Phi) is 5.86. The second-order valence-corrected chi connectivity index (χ2v) is 4.93. The number of furan rings is 1. The zero-order valence-electron chi connectivity index (χ0n) is 12.9. The predicted molar refractivity (Wildman–Crippen MR) is 78.6 cm³/mol. The molecule has 1 aromatic carbocycles. The molecule has 0 saturated heterocycles. The number of carbonyl (C=O) groups is 1. The van der Waals surface area contributed by atoms with Gasteiger partial charge >= 0.3 is 6.18 Å². The van der Waals surface area contributed by atoms with E-state index < -0.39 is 18.7 Å². The normalized spacial score (nSPS) is 11.3. The molecule has 0 fully saturated rings. The van der Waals surface area contributed by atoms with Gasteiger partial charge in [-0.1, -0.05) is 12.1 Å².